The van der Waals surface area contributed by atoms with Crippen molar-refractivity contribution in [3.8, 4) is 27.4 Å². The normalized spacial score (nSPS) is 12.3. The predicted molar refractivity (Wildman–Crippen MR) is 153 cm³/mol. The number of rotatable bonds is 8. The summed E-state index contributed by atoms with van der Waals surface area (Å²) in [4.78, 5) is 6.04. The lowest BCUT2D eigenvalue weighted by atomic mass is 10.00. The lowest BCUT2D eigenvalue weighted by molar-refractivity contribution is 0.287. The van der Waals surface area contributed by atoms with Gasteiger partial charge in [0.1, 0.15) is 12.4 Å². The topological polar surface area (TPSA) is 76.8 Å². The van der Waals surface area contributed by atoms with Gasteiger partial charge in [-0.05, 0) is 59.7 Å². The van der Waals surface area contributed by atoms with Gasteiger partial charge in [-0.15, -0.1) is 11.3 Å². The quantitative estimate of drug-likeness (QED) is 0.234. The van der Waals surface area contributed by atoms with Crippen molar-refractivity contribution in [3.63, 3.8) is 0 Å². The summed E-state index contributed by atoms with van der Waals surface area (Å²) < 4.78 is 7.41. The molecule has 37 heavy (non-hydrogen) atoms. The number of benzene rings is 3. The van der Waals surface area contributed by atoms with Gasteiger partial charge in [-0.25, -0.2) is 0 Å². The molecule has 6 aromatic rings. The van der Waals surface area contributed by atoms with Crippen LogP contribution in [0.15, 0.2) is 91.1 Å². The van der Waals surface area contributed by atoms with Gasteiger partial charge in [0, 0.05) is 21.7 Å². The molecule has 0 aliphatic carbocycles. The van der Waals surface area contributed by atoms with Crippen molar-refractivity contribution in [3.05, 3.63) is 102 Å². The lowest BCUT2D eigenvalue weighted by Gasteiger charge is -2.15. The molecule has 3 aromatic carbocycles. The van der Waals surface area contributed by atoms with Crippen LogP contribution < -0.4 is 10.5 Å². The summed E-state index contributed by atoms with van der Waals surface area (Å²) in [6.07, 6.45) is 3.44. The maximum atomic E-state index is 6.39. The first-order valence-electron chi connectivity index (χ1n) is 12.6. The average Bonchev–Trinajstić information content (AvgIpc) is 3.56. The molecule has 0 saturated heterocycles. The molecule has 3 N–H and O–H groups in total. The Morgan fingerprint density at radius 1 is 0.973 bits per heavy atom. The van der Waals surface area contributed by atoms with Crippen molar-refractivity contribution >= 4 is 32.3 Å². The predicted octanol–water partition coefficient (Wildman–Crippen LogP) is 7.02. The molecule has 3 heterocycles. The summed E-state index contributed by atoms with van der Waals surface area (Å²) in [6, 6.07) is 29.3. The molecule has 1 atom stereocenters. The Morgan fingerprint density at radius 3 is 2.65 bits per heavy atom. The zero-order valence-corrected chi connectivity index (χ0v) is 21.5. The summed E-state index contributed by atoms with van der Waals surface area (Å²) in [5.41, 5.74) is 12.8. The number of aryl methyl sites for hydroxylation is 1. The fourth-order valence-electron chi connectivity index (χ4n) is 4.72. The fraction of sp³-hybridized carbons (Fsp3) is 0.161. The van der Waals surface area contributed by atoms with Crippen LogP contribution in [0.5, 0.6) is 5.75 Å². The Bertz CT molecular complexity index is 1640. The molecule has 1 unspecified atom stereocenters. The number of ether oxygens (including phenoxy) is 1. The van der Waals surface area contributed by atoms with E-state index in [1.165, 1.54) is 15.6 Å². The van der Waals surface area contributed by atoms with Gasteiger partial charge in [-0.3, -0.25) is 10.1 Å². The molecule has 0 aliphatic rings. The molecule has 5 nitrogen and oxygen atoms in total. The highest BCUT2D eigenvalue weighted by atomic mass is 32.1. The summed E-state index contributed by atoms with van der Waals surface area (Å²) in [6.45, 7) is 2.54. The van der Waals surface area contributed by atoms with Gasteiger partial charge in [0.05, 0.1) is 28.0 Å². The van der Waals surface area contributed by atoms with Crippen LogP contribution in [0.2, 0.25) is 0 Å². The number of hydrogen-bond acceptors (Lipinski definition) is 5. The third kappa shape index (κ3) is 4.86. The minimum atomic E-state index is -0.109. The van der Waals surface area contributed by atoms with Gasteiger partial charge in [0.25, 0.3) is 0 Å². The molecule has 6 rings (SSSR count). The van der Waals surface area contributed by atoms with Crippen molar-refractivity contribution < 1.29 is 4.74 Å². The highest BCUT2D eigenvalue weighted by molar-refractivity contribution is 7.22. The van der Waals surface area contributed by atoms with Crippen molar-refractivity contribution in [2.24, 2.45) is 5.73 Å². The smallest absolute Gasteiger partial charge is 0.138 e. The molecule has 6 heteroatoms. The van der Waals surface area contributed by atoms with Crippen molar-refractivity contribution in [2.45, 2.75) is 25.8 Å². The molecule has 0 bridgehead atoms. The Morgan fingerprint density at radius 2 is 1.81 bits per heavy atom. The largest absolute Gasteiger partial charge is 0.490 e. The van der Waals surface area contributed by atoms with E-state index in [2.05, 4.69) is 83.9 Å². The first-order valence-corrected chi connectivity index (χ1v) is 13.4. The molecule has 0 amide bonds. The van der Waals surface area contributed by atoms with E-state index >= 15 is 0 Å². The van der Waals surface area contributed by atoms with Crippen LogP contribution in [0.4, 0.5) is 0 Å². The van der Waals surface area contributed by atoms with E-state index in [0.717, 1.165) is 51.1 Å². The zero-order valence-electron chi connectivity index (χ0n) is 20.6. The van der Waals surface area contributed by atoms with Gasteiger partial charge in [-0.2, -0.15) is 5.10 Å². The van der Waals surface area contributed by atoms with Crippen LogP contribution in [0, 0.1) is 0 Å². The van der Waals surface area contributed by atoms with E-state index in [1.807, 2.05) is 24.4 Å². The minimum Gasteiger partial charge on any atom is -0.490 e. The molecular weight excluding hydrogens is 476 g/mol. The number of nitrogens with zero attached hydrogens (tertiary/aromatic N) is 2. The van der Waals surface area contributed by atoms with Gasteiger partial charge in [0.15, 0.2) is 0 Å². The number of aromatic nitrogens is 3. The standard InChI is InChI=1S/C31H28N4OS/c1-2-27-26-15-21(12-13-28(26)35-34-27)25-17-24(36-19-23(32)14-20-8-4-3-5-9-20)18-33-31(25)30-16-22-10-6-7-11-29(22)37-30/h3-13,15-18,23H,2,14,19,32H2,1H3,(H,34,35). The second-order valence-electron chi connectivity index (χ2n) is 9.26. The van der Waals surface area contributed by atoms with Crippen LogP contribution in [0.25, 0.3) is 42.7 Å². The van der Waals surface area contributed by atoms with E-state index in [4.69, 9.17) is 15.5 Å². The Balaban J connectivity index is 1.36. The summed E-state index contributed by atoms with van der Waals surface area (Å²) in [5.74, 6) is 0.714. The third-order valence-electron chi connectivity index (χ3n) is 6.61. The van der Waals surface area contributed by atoms with Crippen molar-refractivity contribution in [2.75, 3.05) is 6.61 Å². The SMILES string of the molecule is CCc1n[nH]c2ccc(-c3cc(OCC(N)Cc4ccccc4)cnc3-c3cc4ccccc4s3)cc12. The Hall–Kier alpha value is -4.00. The van der Waals surface area contributed by atoms with Gasteiger partial charge in [-0.1, -0.05) is 61.5 Å². The fourth-order valence-corrected chi connectivity index (χ4v) is 5.80. The molecule has 0 fully saturated rings. The molecule has 0 radical (unpaired) electrons. The van der Waals surface area contributed by atoms with Crippen LogP contribution in [-0.2, 0) is 12.8 Å². The summed E-state index contributed by atoms with van der Waals surface area (Å²) in [5, 5.41) is 9.99. The molecular formula is C31H28N4OS. The molecule has 3 aromatic heterocycles. The third-order valence-corrected chi connectivity index (χ3v) is 7.74. The summed E-state index contributed by atoms with van der Waals surface area (Å²) in [7, 11) is 0. The van der Waals surface area contributed by atoms with E-state index in [0.29, 0.717) is 12.4 Å². The van der Waals surface area contributed by atoms with E-state index in [9.17, 15) is 0 Å². The average molecular weight is 505 g/mol. The number of hydrogen-bond donors (Lipinski definition) is 2. The monoisotopic (exact) mass is 504 g/mol. The first-order chi connectivity index (χ1) is 18.2. The maximum absolute atomic E-state index is 6.39. The van der Waals surface area contributed by atoms with Gasteiger partial charge in [0.2, 0.25) is 0 Å². The number of nitrogens with one attached hydrogen (secondary N) is 1. The van der Waals surface area contributed by atoms with Crippen LogP contribution >= 0.6 is 11.3 Å². The number of aromatic amines is 1. The first kappa shape index (κ1) is 23.4. The number of pyridine rings is 1. The van der Waals surface area contributed by atoms with Crippen LogP contribution in [0.3, 0.4) is 0 Å². The summed E-state index contributed by atoms with van der Waals surface area (Å²) >= 11 is 1.76. The van der Waals surface area contributed by atoms with Crippen molar-refractivity contribution in [1.29, 1.82) is 0 Å². The number of thiophene rings is 1. The number of H-pyrrole nitrogens is 1. The van der Waals surface area contributed by atoms with E-state index in [1.54, 1.807) is 11.3 Å². The van der Waals surface area contributed by atoms with E-state index < -0.39 is 0 Å². The van der Waals surface area contributed by atoms with Gasteiger partial charge >= 0.3 is 0 Å². The maximum Gasteiger partial charge on any atom is 0.138 e. The van der Waals surface area contributed by atoms with E-state index in [-0.39, 0.29) is 6.04 Å². The minimum absolute atomic E-state index is 0.109. The van der Waals surface area contributed by atoms with Crippen LogP contribution in [-0.4, -0.2) is 27.8 Å². The van der Waals surface area contributed by atoms with Crippen molar-refractivity contribution in [1.82, 2.24) is 15.2 Å². The Labute approximate surface area is 220 Å². The highest BCUT2D eigenvalue weighted by Gasteiger charge is 2.16. The Kier molecular flexibility index (Phi) is 6.43. The number of nitrogens with two attached hydrogens (primary N) is 1. The van der Waals surface area contributed by atoms with Crippen LogP contribution in [0.1, 0.15) is 18.2 Å². The number of fused-ring (bicyclic) bond motifs is 2. The molecule has 184 valence electrons. The second kappa shape index (κ2) is 10.2. The van der Waals surface area contributed by atoms with Gasteiger partial charge < -0.3 is 10.5 Å². The zero-order chi connectivity index (χ0) is 25.2. The molecule has 0 aliphatic heterocycles. The molecule has 0 saturated carbocycles. The second-order valence-corrected chi connectivity index (χ2v) is 10.3. The lowest BCUT2D eigenvalue weighted by Crippen LogP contribution is -2.30. The molecule has 0 spiro atoms. The highest BCUT2D eigenvalue weighted by Crippen LogP contribution is 2.40.